The first kappa shape index (κ1) is 15.8. The van der Waals surface area contributed by atoms with E-state index >= 15 is 0 Å². The van der Waals surface area contributed by atoms with Crippen molar-refractivity contribution in [3.8, 4) is 5.75 Å². The van der Waals surface area contributed by atoms with E-state index in [1.54, 1.807) is 24.3 Å². The van der Waals surface area contributed by atoms with Crippen LogP contribution in [0.5, 0.6) is 5.75 Å². The lowest BCUT2D eigenvalue weighted by atomic mass is 10.1. The maximum atomic E-state index is 11.1. The Labute approximate surface area is 126 Å². The number of carboxylic acids is 1. The summed E-state index contributed by atoms with van der Waals surface area (Å²) in [5.74, 6) is 0.221. The van der Waals surface area contributed by atoms with E-state index in [1.165, 1.54) is 13.0 Å². The number of ether oxygens (including phenoxy) is 1. The first-order chi connectivity index (χ1) is 10.1. The van der Waals surface area contributed by atoms with Gasteiger partial charge in [-0.3, -0.25) is 0 Å². The molecule has 1 aromatic carbocycles. The van der Waals surface area contributed by atoms with Crippen LogP contribution in [0.4, 0.5) is 0 Å². The Bertz CT molecular complexity index is 478. The number of hydrogen-bond acceptors (Lipinski definition) is 4. The van der Waals surface area contributed by atoms with Crippen molar-refractivity contribution in [1.82, 2.24) is 9.80 Å². The van der Waals surface area contributed by atoms with Gasteiger partial charge in [0, 0.05) is 19.6 Å². The smallest absolute Gasteiger partial charge is 0.339 e. The normalized spacial score (nSPS) is 19.1. The van der Waals surface area contributed by atoms with Crippen molar-refractivity contribution in [3.63, 3.8) is 0 Å². The number of hydrogen-bond donors (Lipinski definition) is 1. The SMILES string of the molecule is CN(CCOc1ccccc1C(=O)O)CC1CCN(C)C1. The van der Waals surface area contributed by atoms with Crippen molar-refractivity contribution in [3.05, 3.63) is 29.8 Å². The zero-order valence-corrected chi connectivity index (χ0v) is 12.8. The highest BCUT2D eigenvalue weighted by atomic mass is 16.5. The van der Waals surface area contributed by atoms with Gasteiger partial charge in [-0.05, 0) is 45.1 Å². The highest BCUT2D eigenvalue weighted by Crippen LogP contribution is 2.18. The molecular weight excluding hydrogens is 268 g/mol. The number of para-hydroxylation sites is 1. The van der Waals surface area contributed by atoms with Gasteiger partial charge >= 0.3 is 5.97 Å². The molecule has 21 heavy (non-hydrogen) atoms. The van der Waals surface area contributed by atoms with Crippen LogP contribution in [0.3, 0.4) is 0 Å². The van der Waals surface area contributed by atoms with Gasteiger partial charge in [0.2, 0.25) is 0 Å². The van der Waals surface area contributed by atoms with Crippen molar-refractivity contribution in [2.45, 2.75) is 6.42 Å². The molecule has 5 nitrogen and oxygen atoms in total. The molecule has 1 aliphatic rings. The maximum Gasteiger partial charge on any atom is 0.339 e. The molecule has 5 heteroatoms. The number of carbonyl (C=O) groups is 1. The molecule has 0 amide bonds. The minimum Gasteiger partial charge on any atom is -0.491 e. The number of rotatable bonds is 7. The quantitative estimate of drug-likeness (QED) is 0.828. The molecule has 0 radical (unpaired) electrons. The fourth-order valence-electron chi connectivity index (χ4n) is 2.79. The van der Waals surface area contributed by atoms with Gasteiger partial charge in [-0.25, -0.2) is 4.79 Å². The molecule has 0 aliphatic carbocycles. The molecule has 1 unspecified atom stereocenters. The zero-order chi connectivity index (χ0) is 15.2. The summed E-state index contributed by atoms with van der Waals surface area (Å²) >= 11 is 0. The van der Waals surface area contributed by atoms with Crippen molar-refractivity contribution in [2.24, 2.45) is 5.92 Å². The van der Waals surface area contributed by atoms with Crippen LogP contribution in [0, 0.1) is 5.92 Å². The Morgan fingerprint density at radius 3 is 2.90 bits per heavy atom. The average molecular weight is 292 g/mol. The van der Waals surface area contributed by atoms with Crippen LogP contribution >= 0.6 is 0 Å². The highest BCUT2D eigenvalue weighted by molar-refractivity contribution is 5.90. The molecule has 0 bridgehead atoms. The molecule has 0 spiro atoms. The number of aromatic carboxylic acids is 1. The third-order valence-corrected chi connectivity index (χ3v) is 3.91. The van der Waals surface area contributed by atoms with Crippen molar-refractivity contribution < 1.29 is 14.6 Å². The molecule has 116 valence electrons. The van der Waals surface area contributed by atoms with Crippen molar-refractivity contribution >= 4 is 5.97 Å². The number of likely N-dealkylation sites (N-methyl/N-ethyl adjacent to an activating group) is 1. The largest absolute Gasteiger partial charge is 0.491 e. The summed E-state index contributed by atoms with van der Waals surface area (Å²) in [6, 6.07) is 6.77. The van der Waals surface area contributed by atoms with Gasteiger partial charge in [0.1, 0.15) is 17.9 Å². The third kappa shape index (κ3) is 4.72. The number of nitrogens with zero attached hydrogens (tertiary/aromatic N) is 2. The Morgan fingerprint density at radius 2 is 2.24 bits per heavy atom. The van der Waals surface area contributed by atoms with E-state index in [4.69, 9.17) is 9.84 Å². The number of carboxylic acid groups (broad SMARTS) is 1. The Hall–Kier alpha value is -1.59. The molecule has 1 saturated heterocycles. The summed E-state index contributed by atoms with van der Waals surface area (Å²) in [6.45, 7) is 4.71. The van der Waals surface area contributed by atoms with Gasteiger partial charge in [0.05, 0.1) is 0 Å². The van der Waals surface area contributed by atoms with E-state index in [2.05, 4.69) is 23.9 Å². The minimum absolute atomic E-state index is 0.220. The fraction of sp³-hybridized carbons (Fsp3) is 0.562. The molecule has 1 aromatic rings. The summed E-state index contributed by atoms with van der Waals surface area (Å²) < 4.78 is 5.62. The van der Waals surface area contributed by atoms with E-state index < -0.39 is 5.97 Å². The van der Waals surface area contributed by atoms with E-state index in [0.29, 0.717) is 12.4 Å². The first-order valence-electron chi connectivity index (χ1n) is 7.38. The van der Waals surface area contributed by atoms with Crippen LogP contribution in [-0.4, -0.2) is 67.8 Å². The van der Waals surface area contributed by atoms with Crippen LogP contribution in [0.25, 0.3) is 0 Å². The molecule has 2 rings (SSSR count). The fourth-order valence-corrected chi connectivity index (χ4v) is 2.79. The Kier molecular flexibility index (Phi) is 5.59. The molecule has 1 atom stereocenters. The van der Waals surface area contributed by atoms with Crippen LogP contribution in [-0.2, 0) is 0 Å². The summed E-state index contributed by atoms with van der Waals surface area (Å²) in [6.07, 6.45) is 1.25. The zero-order valence-electron chi connectivity index (χ0n) is 12.8. The second-order valence-electron chi connectivity index (χ2n) is 5.83. The summed E-state index contributed by atoms with van der Waals surface area (Å²) in [5, 5.41) is 9.09. The van der Waals surface area contributed by atoms with E-state index in [-0.39, 0.29) is 5.56 Å². The topological polar surface area (TPSA) is 53.0 Å². The van der Waals surface area contributed by atoms with Crippen molar-refractivity contribution in [1.29, 1.82) is 0 Å². The van der Waals surface area contributed by atoms with Gasteiger partial charge in [0.15, 0.2) is 0 Å². The predicted molar refractivity (Wildman–Crippen MR) is 82.0 cm³/mol. The van der Waals surface area contributed by atoms with Gasteiger partial charge in [-0.15, -0.1) is 0 Å². The maximum absolute atomic E-state index is 11.1. The molecule has 1 aliphatic heterocycles. The van der Waals surface area contributed by atoms with Crippen LogP contribution in [0.2, 0.25) is 0 Å². The van der Waals surface area contributed by atoms with Crippen LogP contribution < -0.4 is 4.74 Å². The molecule has 1 fully saturated rings. The summed E-state index contributed by atoms with van der Waals surface area (Å²) in [7, 11) is 4.25. The van der Waals surface area contributed by atoms with Gasteiger partial charge in [0.25, 0.3) is 0 Å². The van der Waals surface area contributed by atoms with Gasteiger partial charge in [-0.2, -0.15) is 0 Å². The van der Waals surface area contributed by atoms with E-state index in [1.807, 2.05) is 0 Å². The standard InChI is InChI=1S/C16H24N2O3/c1-17-8-7-13(11-17)12-18(2)9-10-21-15-6-4-3-5-14(15)16(19)20/h3-6,13H,7-12H2,1-2H3,(H,19,20). The summed E-state index contributed by atoms with van der Waals surface area (Å²) in [5.41, 5.74) is 0.220. The average Bonchev–Trinajstić information content (AvgIpc) is 2.84. The lowest BCUT2D eigenvalue weighted by Gasteiger charge is -2.21. The number of benzene rings is 1. The minimum atomic E-state index is -0.951. The summed E-state index contributed by atoms with van der Waals surface area (Å²) in [4.78, 5) is 15.7. The molecule has 0 saturated carbocycles. The van der Waals surface area contributed by atoms with E-state index in [0.717, 1.165) is 25.6 Å². The molecule has 1 heterocycles. The van der Waals surface area contributed by atoms with Gasteiger partial charge < -0.3 is 19.6 Å². The van der Waals surface area contributed by atoms with Gasteiger partial charge in [-0.1, -0.05) is 12.1 Å². The van der Waals surface area contributed by atoms with Crippen LogP contribution in [0.15, 0.2) is 24.3 Å². The third-order valence-electron chi connectivity index (χ3n) is 3.91. The molecular formula is C16H24N2O3. The Balaban J connectivity index is 1.75. The van der Waals surface area contributed by atoms with Crippen molar-refractivity contribution in [2.75, 3.05) is 46.9 Å². The lowest BCUT2D eigenvalue weighted by molar-refractivity contribution is 0.0691. The van der Waals surface area contributed by atoms with Crippen LogP contribution in [0.1, 0.15) is 16.8 Å². The second-order valence-corrected chi connectivity index (χ2v) is 5.83. The van der Waals surface area contributed by atoms with E-state index in [9.17, 15) is 4.79 Å². The monoisotopic (exact) mass is 292 g/mol. The molecule has 1 N–H and O–H groups in total. The predicted octanol–water partition coefficient (Wildman–Crippen LogP) is 1.65. The second kappa shape index (κ2) is 7.43. The lowest BCUT2D eigenvalue weighted by Crippen LogP contribution is -2.30. The number of likely N-dealkylation sites (tertiary alicyclic amines) is 1. The Morgan fingerprint density at radius 1 is 1.48 bits per heavy atom. The molecule has 0 aromatic heterocycles. The highest BCUT2D eigenvalue weighted by Gasteiger charge is 2.20. The first-order valence-corrected chi connectivity index (χ1v) is 7.38.